The average molecular weight is 247 g/mol. The van der Waals surface area contributed by atoms with Crippen molar-refractivity contribution in [3.05, 3.63) is 35.9 Å². The number of rotatable bonds is 4. The number of nitrogens with zero attached hydrogens (tertiary/aromatic N) is 2. The fourth-order valence-electron chi connectivity index (χ4n) is 1.93. The molecule has 0 saturated heterocycles. The molecule has 4 heteroatoms. The van der Waals surface area contributed by atoms with Gasteiger partial charge in [-0.25, -0.2) is 9.37 Å². The van der Waals surface area contributed by atoms with Crippen LogP contribution in [-0.2, 0) is 6.54 Å². The zero-order valence-corrected chi connectivity index (χ0v) is 10.8. The first kappa shape index (κ1) is 12.6. The summed E-state index contributed by atoms with van der Waals surface area (Å²) in [7, 11) is 0. The van der Waals surface area contributed by atoms with E-state index in [9.17, 15) is 4.39 Å². The molecule has 1 heterocycles. The fourth-order valence-corrected chi connectivity index (χ4v) is 1.93. The van der Waals surface area contributed by atoms with Gasteiger partial charge < -0.3 is 10.3 Å². The highest BCUT2D eigenvalue weighted by molar-refractivity contribution is 5.71. The Morgan fingerprint density at radius 3 is 2.89 bits per heavy atom. The molecule has 0 fully saturated rings. The highest BCUT2D eigenvalue weighted by Crippen LogP contribution is 2.27. The average Bonchev–Trinajstić information content (AvgIpc) is 2.71. The lowest BCUT2D eigenvalue weighted by atomic mass is 10.1. The van der Waals surface area contributed by atoms with Crippen LogP contribution < -0.4 is 5.73 Å². The minimum absolute atomic E-state index is 0.284. The van der Waals surface area contributed by atoms with Crippen molar-refractivity contribution in [3.63, 3.8) is 0 Å². The molecule has 0 amide bonds. The van der Waals surface area contributed by atoms with Crippen molar-refractivity contribution in [1.82, 2.24) is 9.55 Å². The SMILES string of the molecule is CCCCn1cnc(-c2cc(C)ccc2F)c1N. The second-order valence-corrected chi connectivity index (χ2v) is 4.51. The molecule has 1 aromatic carbocycles. The van der Waals surface area contributed by atoms with E-state index in [1.54, 1.807) is 18.5 Å². The molecule has 3 nitrogen and oxygen atoms in total. The predicted octanol–water partition coefficient (Wildman–Crippen LogP) is 3.38. The smallest absolute Gasteiger partial charge is 0.132 e. The van der Waals surface area contributed by atoms with Gasteiger partial charge in [0, 0.05) is 12.1 Å². The van der Waals surface area contributed by atoms with Gasteiger partial charge in [-0.2, -0.15) is 0 Å². The summed E-state index contributed by atoms with van der Waals surface area (Å²) in [6.45, 7) is 4.87. The minimum Gasteiger partial charge on any atom is -0.383 e. The van der Waals surface area contributed by atoms with Crippen LogP contribution in [0, 0.1) is 12.7 Å². The molecular formula is C14H18FN3. The Balaban J connectivity index is 2.39. The molecule has 0 radical (unpaired) electrons. The highest BCUT2D eigenvalue weighted by atomic mass is 19.1. The van der Waals surface area contributed by atoms with Crippen LogP contribution in [0.25, 0.3) is 11.3 Å². The van der Waals surface area contributed by atoms with Gasteiger partial charge in [0.05, 0.1) is 6.33 Å². The van der Waals surface area contributed by atoms with E-state index in [0.29, 0.717) is 17.1 Å². The number of aromatic nitrogens is 2. The maximum Gasteiger partial charge on any atom is 0.132 e. The maximum absolute atomic E-state index is 13.8. The third kappa shape index (κ3) is 2.37. The van der Waals surface area contributed by atoms with Gasteiger partial charge in [-0.05, 0) is 25.5 Å². The first-order valence-corrected chi connectivity index (χ1v) is 6.20. The van der Waals surface area contributed by atoms with Gasteiger partial charge in [0.1, 0.15) is 17.3 Å². The molecule has 0 bridgehead atoms. The zero-order valence-electron chi connectivity index (χ0n) is 10.8. The molecule has 2 aromatic rings. The van der Waals surface area contributed by atoms with E-state index in [1.807, 2.05) is 11.5 Å². The summed E-state index contributed by atoms with van der Waals surface area (Å²) in [6, 6.07) is 4.97. The summed E-state index contributed by atoms with van der Waals surface area (Å²) >= 11 is 0. The minimum atomic E-state index is -0.284. The Bertz CT molecular complexity index is 546. The molecule has 0 saturated carbocycles. The van der Waals surface area contributed by atoms with Gasteiger partial charge in [0.25, 0.3) is 0 Å². The van der Waals surface area contributed by atoms with Gasteiger partial charge in [-0.15, -0.1) is 0 Å². The number of anilines is 1. The standard InChI is InChI=1S/C14H18FN3/c1-3-4-7-18-9-17-13(14(18)16)11-8-10(2)5-6-12(11)15/h5-6,8-9H,3-4,7,16H2,1-2H3. The molecule has 0 aliphatic heterocycles. The van der Waals surface area contributed by atoms with Crippen molar-refractivity contribution >= 4 is 5.82 Å². The van der Waals surface area contributed by atoms with Gasteiger partial charge in [-0.3, -0.25) is 0 Å². The van der Waals surface area contributed by atoms with Gasteiger partial charge in [-0.1, -0.05) is 25.0 Å². The molecule has 0 atom stereocenters. The molecular weight excluding hydrogens is 229 g/mol. The van der Waals surface area contributed by atoms with E-state index in [1.165, 1.54) is 6.07 Å². The lowest BCUT2D eigenvalue weighted by molar-refractivity contribution is 0.630. The number of hydrogen-bond donors (Lipinski definition) is 1. The molecule has 18 heavy (non-hydrogen) atoms. The summed E-state index contributed by atoms with van der Waals surface area (Å²) in [5.41, 5.74) is 8.03. The molecule has 0 aliphatic rings. The Kier molecular flexibility index (Phi) is 3.65. The number of unbranched alkanes of at least 4 members (excludes halogenated alkanes) is 1. The van der Waals surface area contributed by atoms with E-state index in [-0.39, 0.29) is 5.82 Å². The molecule has 0 unspecified atom stereocenters. The van der Waals surface area contributed by atoms with Gasteiger partial charge in [0.2, 0.25) is 0 Å². The topological polar surface area (TPSA) is 43.8 Å². The van der Waals surface area contributed by atoms with Crippen LogP contribution in [0.3, 0.4) is 0 Å². The van der Waals surface area contributed by atoms with Crippen LogP contribution in [0.4, 0.5) is 10.2 Å². The first-order chi connectivity index (χ1) is 8.63. The second kappa shape index (κ2) is 5.21. The van der Waals surface area contributed by atoms with E-state index < -0.39 is 0 Å². The van der Waals surface area contributed by atoms with Crippen LogP contribution in [0.15, 0.2) is 24.5 Å². The van der Waals surface area contributed by atoms with Crippen LogP contribution in [-0.4, -0.2) is 9.55 Å². The Morgan fingerprint density at radius 2 is 2.17 bits per heavy atom. The summed E-state index contributed by atoms with van der Waals surface area (Å²) in [4.78, 5) is 4.24. The van der Waals surface area contributed by atoms with Gasteiger partial charge >= 0.3 is 0 Å². The third-order valence-electron chi connectivity index (χ3n) is 3.01. The van der Waals surface area contributed by atoms with Crippen molar-refractivity contribution in [2.75, 3.05) is 5.73 Å². The zero-order chi connectivity index (χ0) is 13.1. The van der Waals surface area contributed by atoms with Crippen LogP contribution in [0.2, 0.25) is 0 Å². The first-order valence-electron chi connectivity index (χ1n) is 6.20. The summed E-state index contributed by atoms with van der Waals surface area (Å²) in [5.74, 6) is 0.251. The lowest BCUT2D eigenvalue weighted by Gasteiger charge is -2.06. The van der Waals surface area contributed by atoms with Crippen molar-refractivity contribution in [1.29, 1.82) is 0 Å². The number of nitrogens with two attached hydrogens (primary N) is 1. The molecule has 0 spiro atoms. The van der Waals surface area contributed by atoms with E-state index in [0.717, 1.165) is 24.9 Å². The monoisotopic (exact) mass is 247 g/mol. The molecule has 1 aromatic heterocycles. The highest BCUT2D eigenvalue weighted by Gasteiger charge is 2.13. The lowest BCUT2D eigenvalue weighted by Crippen LogP contribution is -2.02. The normalized spacial score (nSPS) is 10.8. The van der Waals surface area contributed by atoms with Crippen LogP contribution in [0.5, 0.6) is 0 Å². The number of benzene rings is 1. The summed E-state index contributed by atoms with van der Waals surface area (Å²) < 4.78 is 15.7. The van der Waals surface area contributed by atoms with Crippen molar-refractivity contribution in [2.45, 2.75) is 33.2 Å². The van der Waals surface area contributed by atoms with E-state index in [2.05, 4.69) is 11.9 Å². The van der Waals surface area contributed by atoms with E-state index >= 15 is 0 Å². The summed E-state index contributed by atoms with van der Waals surface area (Å²) in [6.07, 6.45) is 3.81. The fraction of sp³-hybridized carbons (Fsp3) is 0.357. The van der Waals surface area contributed by atoms with Crippen LogP contribution in [0.1, 0.15) is 25.3 Å². The number of hydrogen-bond acceptors (Lipinski definition) is 2. The Hall–Kier alpha value is -1.84. The number of imidazole rings is 1. The van der Waals surface area contributed by atoms with Crippen molar-refractivity contribution in [2.24, 2.45) is 0 Å². The number of halogens is 1. The molecule has 2 N–H and O–H groups in total. The number of aryl methyl sites for hydroxylation is 2. The Labute approximate surface area is 106 Å². The number of nitrogen functional groups attached to an aromatic ring is 1. The quantitative estimate of drug-likeness (QED) is 0.900. The Morgan fingerprint density at radius 1 is 1.39 bits per heavy atom. The van der Waals surface area contributed by atoms with Gasteiger partial charge in [0.15, 0.2) is 0 Å². The van der Waals surface area contributed by atoms with Crippen molar-refractivity contribution < 1.29 is 4.39 Å². The molecule has 96 valence electrons. The molecule has 0 aliphatic carbocycles. The summed E-state index contributed by atoms with van der Waals surface area (Å²) in [5, 5.41) is 0. The van der Waals surface area contributed by atoms with Crippen LogP contribution >= 0.6 is 0 Å². The maximum atomic E-state index is 13.8. The third-order valence-corrected chi connectivity index (χ3v) is 3.01. The second-order valence-electron chi connectivity index (χ2n) is 4.51. The molecule has 2 rings (SSSR count). The predicted molar refractivity (Wildman–Crippen MR) is 71.7 cm³/mol. The van der Waals surface area contributed by atoms with E-state index in [4.69, 9.17) is 5.73 Å². The largest absolute Gasteiger partial charge is 0.383 e. The van der Waals surface area contributed by atoms with Crippen molar-refractivity contribution in [3.8, 4) is 11.3 Å².